The van der Waals surface area contributed by atoms with Crippen molar-refractivity contribution in [2.45, 2.75) is 60.3 Å². The van der Waals surface area contributed by atoms with E-state index in [9.17, 15) is 0 Å². The largest absolute Gasteiger partial charge is 0.315 e. The summed E-state index contributed by atoms with van der Waals surface area (Å²) in [6, 6.07) is 19.5. The molecule has 3 unspecified atom stereocenters. The molecule has 3 aliphatic rings. The Labute approximate surface area is 374 Å². The minimum atomic E-state index is -0.608. The van der Waals surface area contributed by atoms with Gasteiger partial charge in [0.2, 0.25) is 0 Å². The van der Waals surface area contributed by atoms with Crippen LogP contribution in [0.1, 0.15) is 60.3 Å². The molecular formula is C61H65N. The number of rotatable bonds is 11. The molecule has 2 aromatic rings. The Bertz CT molecular complexity index is 2440. The van der Waals surface area contributed by atoms with Gasteiger partial charge in [0.05, 0.1) is 0 Å². The van der Waals surface area contributed by atoms with Crippen LogP contribution in [0.4, 0.5) is 5.69 Å². The van der Waals surface area contributed by atoms with E-state index in [0.717, 1.165) is 58.6 Å². The summed E-state index contributed by atoms with van der Waals surface area (Å²) in [6.45, 7) is 28.9. The van der Waals surface area contributed by atoms with Crippen molar-refractivity contribution in [1.29, 1.82) is 0 Å². The van der Waals surface area contributed by atoms with Crippen LogP contribution in [0.3, 0.4) is 0 Å². The third-order valence-electron chi connectivity index (χ3n) is 11.8. The third kappa shape index (κ3) is 11.6. The predicted octanol–water partition coefficient (Wildman–Crippen LogP) is 17.0. The maximum atomic E-state index is 4.88. The number of hydrogen-bond acceptors (Lipinski definition) is 1. The van der Waals surface area contributed by atoms with Gasteiger partial charge in [-0.1, -0.05) is 210 Å². The lowest BCUT2D eigenvalue weighted by Gasteiger charge is -2.37. The molecule has 3 atom stereocenters. The summed E-state index contributed by atoms with van der Waals surface area (Å²) < 4.78 is 0. The lowest BCUT2D eigenvalue weighted by molar-refractivity contribution is 0.520. The first-order valence-electron chi connectivity index (χ1n) is 22.0. The predicted molar refractivity (Wildman–Crippen MR) is 273 cm³/mol. The highest BCUT2D eigenvalue weighted by molar-refractivity contribution is 5.70. The average molecular weight is 812 g/mol. The summed E-state index contributed by atoms with van der Waals surface area (Å²) in [5, 5.41) is 0. The minimum Gasteiger partial charge on any atom is -0.315 e. The molecule has 0 saturated heterocycles. The molecule has 1 nitrogen and oxygen atoms in total. The summed E-state index contributed by atoms with van der Waals surface area (Å²) in [5.41, 5.74) is 16.4. The third-order valence-corrected chi connectivity index (χ3v) is 11.8. The summed E-state index contributed by atoms with van der Waals surface area (Å²) in [6.07, 6.45) is 53.0. The van der Waals surface area contributed by atoms with E-state index in [1.165, 1.54) is 27.8 Å². The van der Waals surface area contributed by atoms with Crippen molar-refractivity contribution in [3.05, 3.63) is 277 Å². The van der Waals surface area contributed by atoms with Crippen molar-refractivity contribution >= 4 is 5.69 Å². The van der Waals surface area contributed by atoms with Crippen LogP contribution >= 0.6 is 0 Å². The molecule has 0 radical (unpaired) electrons. The Morgan fingerprint density at radius 2 is 1.58 bits per heavy atom. The van der Waals surface area contributed by atoms with Gasteiger partial charge in [0.15, 0.2) is 0 Å². The van der Waals surface area contributed by atoms with Crippen LogP contribution in [0.5, 0.6) is 0 Å². The van der Waals surface area contributed by atoms with Gasteiger partial charge in [0.1, 0.15) is 0 Å². The lowest BCUT2D eigenvalue weighted by Crippen LogP contribution is -2.27. The molecule has 1 heteroatoms. The molecule has 0 heterocycles. The first-order chi connectivity index (χ1) is 30.2. The highest BCUT2D eigenvalue weighted by Gasteiger charge is 2.36. The van der Waals surface area contributed by atoms with Gasteiger partial charge in [-0.15, -0.1) is 5.73 Å². The lowest BCUT2D eigenvalue weighted by atomic mass is 9.65. The molecule has 0 aliphatic heterocycles. The second-order valence-electron chi connectivity index (χ2n) is 16.0. The standard InChI is InChI=1S/C61H65N/c1-10-15-35-57(14-5)61(58(27-12-3)28-13-4)43-24-18-19-29-47(6)50(9)60(36-25-30-48(61)7)62(59-41-39-55(40-42-59)53-31-20-16-21-32-53)49(8)44-52-45-51(26-11-2)37-38-54-33-22-17-23-34-56(54)46-52/h10-22,24-25,27-42,44,47,50H,3,5,7-8,23,43,45-46H2,1-2,4,6,9H3/b15-10-,24-18-,28-13-,29-19-,30-25-,38-37-,52-44+,57-35+,58-27+,60-36+. The zero-order chi connectivity index (χ0) is 44.3. The Morgan fingerprint density at radius 3 is 2.29 bits per heavy atom. The van der Waals surface area contributed by atoms with Gasteiger partial charge in [0.25, 0.3) is 0 Å². The van der Waals surface area contributed by atoms with Gasteiger partial charge in [-0.2, -0.15) is 0 Å². The highest BCUT2D eigenvalue weighted by Crippen LogP contribution is 2.48. The van der Waals surface area contributed by atoms with Crippen LogP contribution in [0.2, 0.25) is 0 Å². The quantitative estimate of drug-likeness (QED) is 0.161. The van der Waals surface area contributed by atoms with Crippen LogP contribution in [-0.4, -0.2) is 0 Å². The molecule has 0 fully saturated rings. The topological polar surface area (TPSA) is 3.24 Å². The first kappa shape index (κ1) is 46.4. The monoisotopic (exact) mass is 812 g/mol. The normalized spacial score (nSPS) is 24.9. The molecule has 0 amide bonds. The summed E-state index contributed by atoms with van der Waals surface area (Å²) in [7, 11) is 0. The van der Waals surface area contributed by atoms with E-state index in [1.54, 1.807) is 0 Å². The molecular weight excluding hydrogens is 747 g/mol. The van der Waals surface area contributed by atoms with E-state index in [1.807, 2.05) is 38.2 Å². The molecule has 0 saturated carbocycles. The Kier molecular flexibility index (Phi) is 17.5. The average Bonchev–Trinajstić information content (AvgIpc) is 3.50. The van der Waals surface area contributed by atoms with Gasteiger partial charge in [-0.05, 0) is 121 Å². The summed E-state index contributed by atoms with van der Waals surface area (Å²) in [4.78, 5) is 2.37. The molecule has 0 N–H and O–H groups in total. The number of hydrogen-bond donors (Lipinski definition) is 0. The zero-order valence-electron chi connectivity index (χ0n) is 37.7. The van der Waals surface area contributed by atoms with Crippen molar-refractivity contribution < 1.29 is 0 Å². The summed E-state index contributed by atoms with van der Waals surface area (Å²) >= 11 is 0. The van der Waals surface area contributed by atoms with E-state index in [4.69, 9.17) is 13.2 Å². The molecule has 314 valence electrons. The molecule has 3 aliphatic carbocycles. The van der Waals surface area contributed by atoms with E-state index >= 15 is 0 Å². The van der Waals surface area contributed by atoms with Crippen molar-refractivity contribution in [3.8, 4) is 11.1 Å². The van der Waals surface area contributed by atoms with Crippen molar-refractivity contribution in [3.63, 3.8) is 0 Å². The Balaban J connectivity index is 1.74. The molecule has 62 heavy (non-hydrogen) atoms. The maximum Gasteiger partial charge on any atom is 0.0479 e. The molecule has 5 rings (SSSR count). The van der Waals surface area contributed by atoms with Crippen LogP contribution in [-0.2, 0) is 0 Å². The molecule has 0 aromatic heterocycles. The van der Waals surface area contributed by atoms with E-state index in [2.05, 4.69) is 215 Å². The highest BCUT2D eigenvalue weighted by atomic mass is 15.2. The number of allylic oxidation sites excluding steroid dienone is 30. The second-order valence-corrected chi connectivity index (χ2v) is 16.0. The van der Waals surface area contributed by atoms with Gasteiger partial charge < -0.3 is 4.90 Å². The molecule has 0 spiro atoms. The fraction of sp³-hybridized carbons (Fsp3) is 0.197. The Hall–Kier alpha value is -6.66. The maximum absolute atomic E-state index is 4.88. The molecule has 2 aromatic carbocycles. The summed E-state index contributed by atoms with van der Waals surface area (Å²) in [5.74, 6) is 0.303. The van der Waals surface area contributed by atoms with E-state index < -0.39 is 5.41 Å². The minimum absolute atomic E-state index is 0.105. The fourth-order valence-electron chi connectivity index (χ4n) is 8.39. The van der Waals surface area contributed by atoms with E-state index in [0.29, 0.717) is 6.42 Å². The Morgan fingerprint density at radius 1 is 0.806 bits per heavy atom. The fourth-order valence-corrected chi connectivity index (χ4v) is 8.39. The molecule has 0 bridgehead atoms. The van der Waals surface area contributed by atoms with Crippen LogP contribution in [0.15, 0.2) is 277 Å². The van der Waals surface area contributed by atoms with Crippen LogP contribution in [0.25, 0.3) is 11.1 Å². The second kappa shape index (κ2) is 23.4. The van der Waals surface area contributed by atoms with Crippen LogP contribution in [0, 0.1) is 17.3 Å². The van der Waals surface area contributed by atoms with Gasteiger partial charge in [0, 0.05) is 34.8 Å². The smallest absolute Gasteiger partial charge is 0.0479 e. The first-order valence-corrected chi connectivity index (χ1v) is 22.0. The number of benzene rings is 2. The van der Waals surface area contributed by atoms with Gasteiger partial charge in [-0.3, -0.25) is 0 Å². The number of fused-ring (bicyclic) bond motifs is 1. The van der Waals surface area contributed by atoms with Gasteiger partial charge in [-0.25, -0.2) is 0 Å². The van der Waals surface area contributed by atoms with Crippen molar-refractivity contribution in [2.24, 2.45) is 17.3 Å². The van der Waals surface area contributed by atoms with Gasteiger partial charge >= 0.3 is 0 Å². The SMILES string of the molecule is C=C/C=C(\C=C/C)C1(/C(C=C)=C/C=C\C)C/C=C\C=C/C(C)C(C)/C(N(C(=C)/C=C2\CC(=C=CC)/C=C\C3=CC=CCC=C3C2)c2ccc(-c3ccccc3)cc2)=C\C=C/C1=C. The van der Waals surface area contributed by atoms with Crippen LogP contribution < -0.4 is 4.90 Å². The van der Waals surface area contributed by atoms with Crippen molar-refractivity contribution in [2.75, 3.05) is 4.90 Å². The van der Waals surface area contributed by atoms with E-state index in [-0.39, 0.29) is 11.8 Å². The number of nitrogens with zero attached hydrogens (tertiary/aromatic N) is 1. The zero-order valence-corrected chi connectivity index (χ0v) is 37.7. The number of anilines is 1. The van der Waals surface area contributed by atoms with Crippen molar-refractivity contribution in [1.82, 2.24) is 0 Å².